The highest BCUT2D eigenvalue weighted by Crippen LogP contribution is 2.41. The summed E-state index contributed by atoms with van der Waals surface area (Å²) in [5.74, 6) is 0.851. The Balaban J connectivity index is 1.14. The van der Waals surface area contributed by atoms with Gasteiger partial charge in [-0.15, -0.1) is 5.10 Å². The second kappa shape index (κ2) is 11.3. The zero-order valence-electron chi connectivity index (χ0n) is 22.7. The van der Waals surface area contributed by atoms with Crippen molar-refractivity contribution < 1.29 is 14.3 Å². The summed E-state index contributed by atoms with van der Waals surface area (Å²) < 4.78 is 16.0. The predicted octanol–water partition coefficient (Wildman–Crippen LogP) is 6.77. The molecule has 2 aliphatic heterocycles. The number of hydrogen-bond donors (Lipinski definition) is 0. The normalized spacial score (nSPS) is 18.6. The highest BCUT2D eigenvalue weighted by Gasteiger charge is 2.42. The minimum atomic E-state index is -0.331. The Morgan fingerprint density at radius 2 is 1.88 bits per heavy atom. The van der Waals surface area contributed by atoms with Crippen molar-refractivity contribution in [1.29, 1.82) is 0 Å². The van der Waals surface area contributed by atoms with E-state index in [1.165, 1.54) is 0 Å². The molecule has 12 heteroatoms. The number of carbonyl (C=O) groups excluding carboxylic acids is 1. The third-order valence-corrected chi connectivity index (χ3v) is 8.82. The molecule has 0 aliphatic carbocycles. The molecule has 1 amide bonds. The summed E-state index contributed by atoms with van der Waals surface area (Å²) >= 11 is 18.9. The van der Waals surface area contributed by atoms with Crippen LogP contribution in [0.5, 0.6) is 11.5 Å². The van der Waals surface area contributed by atoms with Crippen molar-refractivity contribution in [3.8, 4) is 22.8 Å². The number of benzene rings is 2. The van der Waals surface area contributed by atoms with E-state index < -0.39 is 0 Å². The molecule has 9 nitrogen and oxygen atoms in total. The second-order valence-corrected chi connectivity index (χ2v) is 11.9. The van der Waals surface area contributed by atoms with E-state index >= 15 is 0 Å². The van der Waals surface area contributed by atoms with Gasteiger partial charge < -0.3 is 14.4 Å². The van der Waals surface area contributed by atoms with Crippen LogP contribution in [0.2, 0.25) is 15.2 Å². The number of nitrogens with zero attached hydrogens (tertiary/aromatic N) is 6. The zero-order chi connectivity index (χ0) is 28.7. The molecular weight excluding hydrogens is 587 g/mol. The van der Waals surface area contributed by atoms with Gasteiger partial charge in [0.05, 0.1) is 34.7 Å². The summed E-state index contributed by atoms with van der Waals surface area (Å²) in [5.41, 5.74) is 2.40. The van der Waals surface area contributed by atoms with Crippen LogP contribution in [0.15, 0.2) is 48.7 Å². The first-order valence-electron chi connectivity index (χ1n) is 13.5. The Kier molecular flexibility index (Phi) is 7.72. The molecule has 0 bridgehead atoms. The maximum Gasteiger partial charge on any atom is 0.257 e. The second-order valence-electron chi connectivity index (χ2n) is 10.6. The molecule has 1 unspecified atom stereocenters. The van der Waals surface area contributed by atoms with Crippen LogP contribution in [0.4, 0.5) is 0 Å². The first kappa shape index (κ1) is 28.0. The van der Waals surface area contributed by atoms with Gasteiger partial charge in [0.1, 0.15) is 22.3 Å². The van der Waals surface area contributed by atoms with Crippen molar-refractivity contribution in [2.24, 2.45) is 7.05 Å². The third-order valence-electron chi connectivity index (χ3n) is 7.92. The van der Waals surface area contributed by atoms with Crippen LogP contribution in [0.3, 0.4) is 0 Å². The highest BCUT2D eigenvalue weighted by molar-refractivity contribution is 6.32. The van der Waals surface area contributed by atoms with Crippen molar-refractivity contribution >= 4 is 40.7 Å². The van der Waals surface area contributed by atoms with E-state index in [9.17, 15) is 4.79 Å². The number of aryl methyl sites for hydroxylation is 2. The number of aromatic nitrogens is 5. The monoisotopic (exact) mass is 614 g/mol. The summed E-state index contributed by atoms with van der Waals surface area (Å²) in [6.07, 6.45) is 5.00. The minimum Gasteiger partial charge on any atom is -0.456 e. The quantitative estimate of drug-likeness (QED) is 0.246. The van der Waals surface area contributed by atoms with Gasteiger partial charge in [-0.2, -0.15) is 5.10 Å². The van der Waals surface area contributed by atoms with E-state index in [0.717, 1.165) is 36.9 Å². The maximum absolute atomic E-state index is 13.7. The Labute approximate surface area is 252 Å². The average Bonchev–Trinajstić information content (AvgIpc) is 3.53. The van der Waals surface area contributed by atoms with Crippen LogP contribution in [0.1, 0.15) is 47.8 Å². The molecule has 1 atom stereocenters. The topological polar surface area (TPSA) is 87.3 Å². The molecule has 41 heavy (non-hydrogen) atoms. The zero-order valence-corrected chi connectivity index (χ0v) is 25.0. The molecule has 2 fully saturated rings. The lowest BCUT2D eigenvalue weighted by molar-refractivity contribution is -0.122. The molecule has 214 valence electrons. The molecule has 6 rings (SSSR count). The van der Waals surface area contributed by atoms with Crippen LogP contribution < -0.4 is 4.74 Å². The smallest absolute Gasteiger partial charge is 0.257 e. The van der Waals surface area contributed by atoms with Gasteiger partial charge in [0.15, 0.2) is 0 Å². The molecule has 2 aliphatic rings. The van der Waals surface area contributed by atoms with E-state index in [1.807, 2.05) is 29.7 Å². The van der Waals surface area contributed by atoms with Gasteiger partial charge in [-0.25, -0.2) is 4.68 Å². The molecule has 0 N–H and O–H groups in total. The number of piperidine rings is 1. The highest BCUT2D eigenvalue weighted by atomic mass is 35.5. The van der Waals surface area contributed by atoms with Crippen LogP contribution in [-0.4, -0.2) is 60.9 Å². The van der Waals surface area contributed by atoms with Gasteiger partial charge in [0.2, 0.25) is 0 Å². The summed E-state index contributed by atoms with van der Waals surface area (Å²) in [4.78, 5) is 15.5. The summed E-state index contributed by atoms with van der Waals surface area (Å²) in [6, 6.07) is 12.3. The first-order chi connectivity index (χ1) is 19.7. The van der Waals surface area contributed by atoms with Crippen LogP contribution >= 0.6 is 34.8 Å². The lowest BCUT2D eigenvalue weighted by Crippen LogP contribution is -2.51. The summed E-state index contributed by atoms with van der Waals surface area (Å²) in [7, 11) is 1.81. The van der Waals surface area contributed by atoms with Gasteiger partial charge in [-0.3, -0.25) is 9.48 Å². The number of amides is 1. The van der Waals surface area contributed by atoms with E-state index in [-0.39, 0.29) is 17.6 Å². The van der Waals surface area contributed by atoms with E-state index in [4.69, 9.17) is 44.3 Å². The van der Waals surface area contributed by atoms with Crippen molar-refractivity contribution in [3.63, 3.8) is 0 Å². The van der Waals surface area contributed by atoms with Gasteiger partial charge in [-0.1, -0.05) is 46.1 Å². The number of likely N-dealkylation sites (tertiary alicyclic amines) is 1. The van der Waals surface area contributed by atoms with Crippen LogP contribution in [0, 0.1) is 6.92 Å². The van der Waals surface area contributed by atoms with Gasteiger partial charge >= 0.3 is 0 Å². The van der Waals surface area contributed by atoms with E-state index in [1.54, 1.807) is 47.1 Å². The third kappa shape index (κ3) is 5.68. The number of carbonyl (C=O) groups is 1. The summed E-state index contributed by atoms with van der Waals surface area (Å²) in [6.45, 7) is 3.64. The van der Waals surface area contributed by atoms with Crippen molar-refractivity contribution in [1.82, 2.24) is 29.7 Å². The Bertz CT molecular complexity index is 1590. The van der Waals surface area contributed by atoms with Gasteiger partial charge in [0, 0.05) is 36.8 Å². The molecular formula is C29H29Cl3N6O3. The molecule has 0 saturated carbocycles. The van der Waals surface area contributed by atoms with E-state index in [0.29, 0.717) is 57.7 Å². The maximum atomic E-state index is 13.7. The fourth-order valence-electron chi connectivity index (χ4n) is 5.77. The standard InChI is InChI=1S/C29H29Cl3N6O3/c1-18-26(27(32)36(2)34-18)24-17-38(35-33-24)21-8-13-40-29(16-21)9-11-37(12-10-29)28(39)23-15-20(31)6-7-25(23)41-22-5-3-4-19(30)14-22/h3-7,14-15,17,21H,8-13,16H2,1-2H3. The molecule has 0 radical (unpaired) electrons. The molecule has 4 heterocycles. The Morgan fingerprint density at radius 1 is 1.10 bits per heavy atom. The number of ether oxygens (including phenoxy) is 2. The van der Waals surface area contributed by atoms with Crippen LogP contribution in [0.25, 0.3) is 11.3 Å². The molecule has 2 saturated heterocycles. The predicted molar refractivity (Wildman–Crippen MR) is 157 cm³/mol. The molecule has 2 aromatic heterocycles. The van der Waals surface area contributed by atoms with Crippen LogP contribution in [-0.2, 0) is 11.8 Å². The average molecular weight is 616 g/mol. The Morgan fingerprint density at radius 3 is 2.61 bits per heavy atom. The van der Waals surface area contributed by atoms with Crippen molar-refractivity contribution in [3.05, 3.63) is 75.1 Å². The lowest BCUT2D eigenvalue weighted by atomic mass is 9.82. The van der Waals surface area contributed by atoms with Gasteiger partial charge in [-0.05, 0) is 69.0 Å². The number of halogens is 3. The SMILES string of the molecule is Cc1nn(C)c(Cl)c1-c1cn(C2CCOC3(CCN(C(=O)c4cc(Cl)ccc4Oc4cccc(Cl)c4)CC3)C2)nn1. The fraction of sp³-hybridized carbons (Fsp3) is 0.379. The summed E-state index contributed by atoms with van der Waals surface area (Å²) in [5, 5.41) is 14.8. The Hall–Kier alpha value is -3.11. The fourth-order valence-corrected chi connectivity index (χ4v) is 6.39. The number of hydrogen-bond acceptors (Lipinski definition) is 6. The van der Waals surface area contributed by atoms with E-state index in [2.05, 4.69) is 15.4 Å². The number of rotatable bonds is 5. The largest absolute Gasteiger partial charge is 0.456 e. The minimum absolute atomic E-state index is 0.128. The van der Waals surface area contributed by atoms with Gasteiger partial charge in [0.25, 0.3) is 5.91 Å². The molecule has 4 aromatic rings. The van der Waals surface area contributed by atoms with Crippen molar-refractivity contribution in [2.75, 3.05) is 19.7 Å². The lowest BCUT2D eigenvalue weighted by Gasteiger charge is -2.46. The van der Waals surface area contributed by atoms with Crippen molar-refractivity contribution in [2.45, 2.75) is 44.2 Å². The molecule has 2 aromatic carbocycles. The molecule has 1 spiro atoms. The first-order valence-corrected chi connectivity index (χ1v) is 14.6.